The van der Waals surface area contributed by atoms with Crippen molar-refractivity contribution in [2.75, 3.05) is 13.2 Å². The molecule has 0 aliphatic carbocycles. The van der Waals surface area contributed by atoms with E-state index >= 15 is 0 Å². The molecule has 0 bridgehead atoms. The zero-order chi connectivity index (χ0) is 12.4. The van der Waals surface area contributed by atoms with Crippen molar-refractivity contribution in [3.63, 3.8) is 0 Å². The Morgan fingerprint density at radius 2 is 1.71 bits per heavy atom. The van der Waals surface area contributed by atoms with Crippen LogP contribution in [-0.2, 0) is 14.3 Å². The van der Waals surface area contributed by atoms with Gasteiger partial charge >= 0.3 is 0 Å². The second-order valence-corrected chi connectivity index (χ2v) is 4.79. The van der Waals surface area contributed by atoms with E-state index in [1.807, 2.05) is 31.2 Å². The number of hydrogen-bond acceptors (Lipinski definition) is 3. The van der Waals surface area contributed by atoms with Crippen molar-refractivity contribution in [3.8, 4) is 0 Å². The number of rotatable bonds is 2. The van der Waals surface area contributed by atoms with Crippen LogP contribution in [-0.4, -0.2) is 29.9 Å². The molecule has 1 atom stereocenters. The highest BCUT2D eigenvalue weighted by atomic mass is 79.9. The van der Waals surface area contributed by atoms with Crippen LogP contribution in [0.15, 0.2) is 28.7 Å². The Kier molecular flexibility index (Phi) is 3.59. The molecule has 1 aliphatic heterocycles. The van der Waals surface area contributed by atoms with Gasteiger partial charge in [-0.2, -0.15) is 0 Å². The van der Waals surface area contributed by atoms with Gasteiger partial charge in [0.2, 0.25) is 0 Å². The number of amides is 2. The number of halogens is 1. The van der Waals surface area contributed by atoms with Crippen molar-refractivity contribution < 1.29 is 14.3 Å². The minimum absolute atomic E-state index is 0.0212. The molecule has 17 heavy (non-hydrogen) atoms. The smallest absolute Gasteiger partial charge is 0.255 e. The summed E-state index contributed by atoms with van der Waals surface area (Å²) in [7, 11) is 0. The molecule has 1 aliphatic rings. The normalized spacial score (nSPS) is 18.4. The second-order valence-electron chi connectivity index (χ2n) is 3.88. The van der Waals surface area contributed by atoms with E-state index in [2.05, 4.69) is 15.9 Å². The van der Waals surface area contributed by atoms with Crippen molar-refractivity contribution >= 4 is 27.7 Å². The Balaban J connectivity index is 2.23. The lowest BCUT2D eigenvalue weighted by Crippen LogP contribution is -2.47. The van der Waals surface area contributed by atoms with Gasteiger partial charge in [0.15, 0.2) is 0 Å². The molecule has 0 N–H and O–H groups in total. The quantitative estimate of drug-likeness (QED) is 0.783. The summed E-state index contributed by atoms with van der Waals surface area (Å²) in [5.74, 6) is -0.562. The molecule has 0 aromatic heterocycles. The first kappa shape index (κ1) is 12.3. The van der Waals surface area contributed by atoms with Gasteiger partial charge < -0.3 is 4.74 Å². The first-order valence-corrected chi connectivity index (χ1v) is 6.07. The predicted octanol–water partition coefficient (Wildman–Crippen LogP) is 1.90. The summed E-state index contributed by atoms with van der Waals surface area (Å²) in [6.45, 7) is 1.80. The van der Waals surface area contributed by atoms with Gasteiger partial charge in [-0.3, -0.25) is 14.5 Å². The predicted molar refractivity (Wildman–Crippen MR) is 65.2 cm³/mol. The maximum atomic E-state index is 11.7. The van der Waals surface area contributed by atoms with Gasteiger partial charge in [0.1, 0.15) is 13.2 Å². The van der Waals surface area contributed by atoms with E-state index in [-0.39, 0.29) is 31.1 Å². The summed E-state index contributed by atoms with van der Waals surface area (Å²) < 4.78 is 5.85. The molecule has 0 saturated carbocycles. The Morgan fingerprint density at radius 3 is 2.24 bits per heavy atom. The standard InChI is InChI=1S/C12H12BrNO3/c1-8(9-2-4-10(13)5-3-9)14-11(15)6-17-7-12(14)16/h2-5,8H,6-7H2,1H3. The lowest BCUT2D eigenvalue weighted by atomic mass is 10.1. The van der Waals surface area contributed by atoms with Crippen LogP contribution in [0.3, 0.4) is 0 Å². The van der Waals surface area contributed by atoms with Gasteiger partial charge in [-0.05, 0) is 24.6 Å². The summed E-state index contributed by atoms with van der Waals surface area (Å²) in [4.78, 5) is 24.6. The molecule has 1 heterocycles. The highest BCUT2D eigenvalue weighted by Crippen LogP contribution is 2.23. The van der Waals surface area contributed by atoms with E-state index in [1.54, 1.807) is 0 Å². The maximum absolute atomic E-state index is 11.7. The van der Waals surface area contributed by atoms with Gasteiger partial charge in [-0.15, -0.1) is 0 Å². The number of morpholine rings is 1. The van der Waals surface area contributed by atoms with Crippen molar-refractivity contribution in [1.82, 2.24) is 4.90 Å². The van der Waals surface area contributed by atoms with Gasteiger partial charge in [-0.25, -0.2) is 0 Å². The van der Waals surface area contributed by atoms with E-state index < -0.39 is 0 Å². The van der Waals surface area contributed by atoms with E-state index in [0.29, 0.717) is 0 Å². The SMILES string of the molecule is CC(c1ccc(Br)cc1)N1C(=O)COCC1=O. The van der Waals surface area contributed by atoms with E-state index in [4.69, 9.17) is 4.74 Å². The van der Waals surface area contributed by atoms with Crippen molar-refractivity contribution in [1.29, 1.82) is 0 Å². The third-order valence-electron chi connectivity index (χ3n) is 2.73. The number of hydrogen-bond donors (Lipinski definition) is 0. The van der Waals surface area contributed by atoms with Crippen LogP contribution >= 0.6 is 15.9 Å². The van der Waals surface area contributed by atoms with Crippen LogP contribution in [0.2, 0.25) is 0 Å². The fraction of sp³-hybridized carbons (Fsp3) is 0.333. The number of imide groups is 1. The zero-order valence-corrected chi connectivity index (χ0v) is 10.9. The summed E-state index contributed by atoms with van der Waals surface area (Å²) in [6, 6.07) is 7.31. The molecule has 1 fully saturated rings. The van der Waals surface area contributed by atoms with Crippen molar-refractivity contribution in [2.45, 2.75) is 13.0 Å². The summed E-state index contributed by atoms with van der Waals surface area (Å²) in [5, 5.41) is 0. The van der Waals surface area contributed by atoms with Gasteiger partial charge in [0, 0.05) is 4.47 Å². The van der Waals surface area contributed by atoms with Gasteiger partial charge in [0.25, 0.3) is 11.8 Å². The molecular weight excluding hydrogens is 286 g/mol. The molecule has 0 radical (unpaired) electrons. The number of ether oxygens (including phenoxy) is 1. The second kappa shape index (κ2) is 4.98. The lowest BCUT2D eigenvalue weighted by molar-refractivity contribution is -0.161. The number of carbonyl (C=O) groups is 2. The number of carbonyl (C=O) groups excluding carboxylic acids is 2. The topological polar surface area (TPSA) is 46.6 Å². The molecule has 2 rings (SSSR count). The minimum atomic E-state index is -0.281. The first-order valence-electron chi connectivity index (χ1n) is 5.27. The first-order chi connectivity index (χ1) is 8.09. The molecule has 4 nitrogen and oxygen atoms in total. The molecule has 1 aromatic rings. The highest BCUT2D eigenvalue weighted by molar-refractivity contribution is 9.10. The van der Waals surface area contributed by atoms with Crippen molar-refractivity contribution in [3.05, 3.63) is 34.3 Å². The van der Waals surface area contributed by atoms with Gasteiger partial charge in [0.05, 0.1) is 6.04 Å². The Labute approximate surface area is 108 Å². The largest absolute Gasteiger partial charge is 0.362 e. The minimum Gasteiger partial charge on any atom is -0.362 e. The van der Waals surface area contributed by atoms with E-state index in [9.17, 15) is 9.59 Å². The monoisotopic (exact) mass is 297 g/mol. The van der Waals surface area contributed by atoms with E-state index in [1.165, 1.54) is 4.90 Å². The fourth-order valence-electron chi connectivity index (χ4n) is 1.83. The Hall–Kier alpha value is -1.20. The lowest BCUT2D eigenvalue weighted by Gasteiger charge is -2.30. The molecular formula is C12H12BrNO3. The number of benzene rings is 1. The van der Waals surface area contributed by atoms with E-state index in [0.717, 1.165) is 10.0 Å². The van der Waals surface area contributed by atoms with Crippen LogP contribution in [0.1, 0.15) is 18.5 Å². The molecule has 1 saturated heterocycles. The average molecular weight is 298 g/mol. The Morgan fingerprint density at radius 1 is 1.18 bits per heavy atom. The fourth-order valence-corrected chi connectivity index (χ4v) is 2.09. The number of nitrogens with zero attached hydrogens (tertiary/aromatic N) is 1. The van der Waals surface area contributed by atoms with Crippen LogP contribution in [0.5, 0.6) is 0 Å². The van der Waals surface area contributed by atoms with Crippen LogP contribution < -0.4 is 0 Å². The molecule has 2 amide bonds. The molecule has 0 spiro atoms. The summed E-state index contributed by atoms with van der Waals surface area (Å²) in [5.41, 5.74) is 0.928. The average Bonchev–Trinajstić information content (AvgIpc) is 2.29. The van der Waals surface area contributed by atoms with Crippen LogP contribution in [0, 0.1) is 0 Å². The third-order valence-corrected chi connectivity index (χ3v) is 3.26. The summed E-state index contributed by atoms with van der Waals surface area (Å²) in [6.07, 6.45) is 0. The molecule has 90 valence electrons. The van der Waals surface area contributed by atoms with Crippen LogP contribution in [0.25, 0.3) is 0 Å². The highest BCUT2D eigenvalue weighted by Gasteiger charge is 2.31. The van der Waals surface area contributed by atoms with Crippen molar-refractivity contribution in [2.24, 2.45) is 0 Å². The maximum Gasteiger partial charge on any atom is 0.255 e. The Bertz CT molecular complexity index is 428. The third kappa shape index (κ3) is 2.56. The molecule has 5 heteroatoms. The van der Waals surface area contributed by atoms with Gasteiger partial charge in [-0.1, -0.05) is 28.1 Å². The molecule has 1 aromatic carbocycles. The zero-order valence-electron chi connectivity index (χ0n) is 9.35. The molecule has 1 unspecified atom stereocenters. The summed E-state index contributed by atoms with van der Waals surface area (Å²) >= 11 is 3.35. The van der Waals surface area contributed by atoms with Crippen LogP contribution in [0.4, 0.5) is 0 Å².